The Labute approximate surface area is 161 Å². The smallest absolute Gasteiger partial charge is 0.261 e. The molecule has 1 fully saturated rings. The average Bonchev–Trinajstić information content (AvgIpc) is 3.39. The number of carbonyl (C=O) groups excluding carboxylic acids is 1. The van der Waals surface area contributed by atoms with Crippen molar-refractivity contribution in [3.05, 3.63) is 59.7 Å². The van der Waals surface area contributed by atoms with Crippen molar-refractivity contribution in [2.75, 3.05) is 4.72 Å². The van der Waals surface area contributed by atoms with Gasteiger partial charge in [-0.3, -0.25) is 9.52 Å². The van der Waals surface area contributed by atoms with E-state index in [2.05, 4.69) is 30.8 Å². The Hall–Kier alpha value is -2.34. The van der Waals surface area contributed by atoms with Crippen molar-refractivity contribution >= 4 is 21.6 Å². The fourth-order valence-corrected chi connectivity index (χ4v) is 3.79. The van der Waals surface area contributed by atoms with E-state index < -0.39 is 10.0 Å². The summed E-state index contributed by atoms with van der Waals surface area (Å²) in [5.74, 6) is 0.00442. The molecule has 1 amide bonds. The highest BCUT2D eigenvalue weighted by Crippen LogP contribution is 2.24. The molecule has 5 nitrogen and oxygen atoms in total. The number of benzene rings is 2. The maximum atomic E-state index is 12.6. The fourth-order valence-electron chi connectivity index (χ4n) is 2.73. The third-order valence-corrected chi connectivity index (χ3v) is 5.94. The first-order valence-corrected chi connectivity index (χ1v) is 10.6. The van der Waals surface area contributed by atoms with Gasteiger partial charge in [-0.05, 0) is 53.6 Å². The number of anilines is 1. The summed E-state index contributed by atoms with van der Waals surface area (Å²) < 4.78 is 27.7. The Bertz CT molecular complexity index is 907. The van der Waals surface area contributed by atoms with Crippen LogP contribution < -0.4 is 10.0 Å². The molecule has 2 aromatic rings. The molecule has 1 aliphatic carbocycles. The summed E-state index contributed by atoms with van der Waals surface area (Å²) in [6.45, 7) is 6.25. The summed E-state index contributed by atoms with van der Waals surface area (Å²) >= 11 is 0. The van der Waals surface area contributed by atoms with Gasteiger partial charge in [-0.2, -0.15) is 0 Å². The molecule has 0 radical (unpaired) electrons. The van der Waals surface area contributed by atoms with Crippen LogP contribution in [0, 0.1) is 0 Å². The molecular formula is C21H26N2O3S. The van der Waals surface area contributed by atoms with E-state index in [4.69, 9.17) is 0 Å². The third kappa shape index (κ3) is 5.32. The lowest BCUT2D eigenvalue weighted by Crippen LogP contribution is -2.26. The van der Waals surface area contributed by atoms with Gasteiger partial charge < -0.3 is 5.32 Å². The molecule has 1 saturated carbocycles. The quantitative estimate of drug-likeness (QED) is 0.796. The largest absolute Gasteiger partial charge is 0.353 e. The molecule has 2 aromatic carbocycles. The van der Waals surface area contributed by atoms with Crippen LogP contribution in [-0.2, 0) is 26.7 Å². The first kappa shape index (κ1) is 19.4. The summed E-state index contributed by atoms with van der Waals surface area (Å²) in [5.41, 5.74) is 2.37. The zero-order valence-electron chi connectivity index (χ0n) is 16.0. The predicted octanol–water partition coefficient (Wildman–Crippen LogP) is 3.61. The summed E-state index contributed by atoms with van der Waals surface area (Å²) in [6.07, 6.45) is 2.42. The number of carbonyl (C=O) groups is 1. The Morgan fingerprint density at radius 2 is 1.59 bits per heavy atom. The molecule has 1 aliphatic rings. The van der Waals surface area contributed by atoms with Gasteiger partial charge in [0.25, 0.3) is 10.0 Å². The van der Waals surface area contributed by atoms with Crippen LogP contribution in [0.4, 0.5) is 5.69 Å². The van der Waals surface area contributed by atoms with Crippen molar-refractivity contribution in [3.8, 4) is 0 Å². The van der Waals surface area contributed by atoms with Crippen LogP contribution in [0.25, 0.3) is 0 Å². The van der Waals surface area contributed by atoms with Gasteiger partial charge in [0.15, 0.2) is 0 Å². The van der Waals surface area contributed by atoms with E-state index in [1.165, 1.54) is 0 Å². The van der Waals surface area contributed by atoms with Crippen LogP contribution in [0.3, 0.4) is 0 Å². The van der Waals surface area contributed by atoms with Crippen molar-refractivity contribution < 1.29 is 13.2 Å². The SMILES string of the molecule is CC(C)(C)c1ccc(S(=O)(=O)Nc2ccc(CC(=O)NC3CC3)cc2)cc1. The van der Waals surface area contributed by atoms with Crippen LogP contribution >= 0.6 is 0 Å². The van der Waals surface area contributed by atoms with Crippen LogP contribution in [0.2, 0.25) is 0 Å². The zero-order valence-corrected chi connectivity index (χ0v) is 16.8. The van der Waals surface area contributed by atoms with Crippen molar-refractivity contribution in [2.24, 2.45) is 0 Å². The van der Waals surface area contributed by atoms with E-state index in [1.54, 1.807) is 36.4 Å². The minimum absolute atomic E-state index is 0.00442. The topological polar surface area (TPSA) is 75.3 Å². The lowest BCUT2D eigenvalue weighted by Gasteiger charge is -2.19. The molecule has 144 valence electrons. The number of hydrogen-bond acceptors (Lipinski definition) is 3. The van der Waals surface area contributed by atoms with E-state index in [0.717, 1.165) is 24.0 Å². The molecule has 0 bridgehead atoms. The zero-order chi connectivity index (χ0) is 19.7. The van der Waals surface area contributed by atoms with Crippen molar-refractivity contribution in [2.45, 2.75) is 56.4 Å². The van der Waals surface area contributed by atoms with Crippen LogP contribution in [0.15, 0.2) is 53.4 Å². The molecule has 2 N–H and O–H groups in total. The lowest BCUT2D eigenvalue weighted by atomic mass is 9.87. The molecule has 0 heterocycles. The molecule has 0 atom stereocenters. The maximum absolute atomic E-state index is 12.6. The summed E-state index contributed by atoms with van der Waals surface area (Å²) in [7, 11) is -3.65. The standard InChI is InChI=1S/C21H26N2O3S/c1-21(2,3)16-6-12-19(13-7-16)27(25,26)23-18-8-4-15(5-9-18)14-20(24)22-17-10-11-17/h4-9,12-13,17,23H,10-11,14H2,1-3H3,(H,22,24). The molecule has 3 rings (SSSR count). The number of nitrogens with one attached hydrogen (secondary N) is 2. The van der Waals surface area contributed by atoms with E-state index in [1.807, 2.05) is 12.1 Å². The number of sulfonamides is 1. The number of rotatable bonds is 6. The first-order valence-electron chi connectivity index (χ1n) is 9.15. The maximum Gasteiger partial charge on any atom is 0.261 e. The van der Waals surface area contributed by atoms with E-state index in [0.29, 0.717) is 18.2 Å². The Morgan fingerprint density at radius 1 is 1.00 bits per heavy atom. The first-order chi connectivity index (χ1) is 12.6. The fraction of sp³-hybridized carbons (Fsp3) is 0.381. The highest BCUT2D eigenvalue weighted by Gasteiger charge is 2.23. The molecule has 0 spiro atoms. The molecule has 0 aromatic heterocycles. The van der Waals surface area contributed by atoms with Crippen LogP contribution in [-0.4, -0.2) is 20.4 Å². The molecule has 0 aliphatic heterocycles. The van der Waals surface area contributed by atoms with E-state index in [9.17, 15) is 13.2 Å². The Balaban J connectivity index is 1.65. The van der Waals surface area contributed by atoms with Gasteiger partial charge in [0.2, 0.25) is 5.91 Å². The molecule has 27 heavy (non-hydrogen) atoms. The highest BCUT2D eigenvalue weighted by molar-refractivity contribution is 7.92. The van der Waals surface area contributed by atoms with Gasteiger partial charge in [0.05, 0.1) is 11.3 Å². The monoisotopic (exact) mass is 386 g/mol. The van der Waals surface area contributed by atoms with Gasteiger partial charge in [0.1, 0.15) is 0 Å². The minimum Gasteiger partial charge on any atom is -0.353 e. The molecule has 6 heteroatoms. The van der Waals surface area contributed by atoms with Crippen molar-refractivity contribution in [1.82, 2.24) is 5.32 Å². The summed E-state index contributed by atoms with van der Waals surface area (Å²) in [4.78, 5) is 12.1. The van der Waals surface area contributed by atoms with E-state index >= 15 is 0 Å². The van der Waals surface area contributed by atoms with Gasteiger partial charge >= 0.3 is 0 Å². The third-order valence-electron chi connectivity index (χ3n) is 4.54. The second-order valence-corrected chi connectivity index (χ2v) is 9.78. The second-order valence-electron chi connectivity index (χ2n) is 8.10. The molecule has 0 saturated heterocycles. The van der Waals surface area contributed by atoms with Gasteiger partial charge in [-0.1, -0.05) is 45.0 Å². The van der Waals surface area contributed by atoms with Crippen LogP contribution in [0.5, 0.6) is 0 Å². The van der Waals surface area contributed by atoms with Crippen LogP contribution in [0.1, 0.15) is 44.7 Å². The molecule has 0 unspecified atom stereocenters. The lowest BCUT2D eigenvalue weighted by molar-refractivity contribution is -0.120. The minimum atomic E-state index is -3.65. The summed E-state index contributed by atoms with van der Waals surface area (Å²) in [6, 6.07) is 14.2. The van der Waals surface area contributed by atoms with Gasteiger partial charge in [0, 0.05) is 11.7 Å². The predicted molar refractivity (Wildman–Crippen MR) is 107 cm³/mol. The van der Waals surface area contributed by atoms with Gasteiger partial charge in [-0.25, -0.2) is 8.42 Å². The molecular weight excluding hydrogens is 360 g/mol. The van der Waals surface area contributed by atoms with Gasteiger partial charge in [-0.15, -0.1) is 0 Å². The van der Waals surface area contributed by atoms with Crippen molar-refractivity contribution in [3.63, 3.8) is 0 Å². The highest BCUT2D eigenvalue weighted by atomic mass is 32.2. The second kappa shape index (κ2) is 7.35. The number of hydrogen-bond donors (Lipinski definition) is 2. The van der Waals surface area contributed by atoms with Crippen molar-refractivity contribution in [1.29, 1.82) is 0 Å². The number of amides is 1. The Kier molecular flexibility index (Phi) is 5.29. The summed E-state index contributed by atoms with van der Waals surface area (Å²) in [5, 5.41) is 2.94. The average molecular weight is 387 g/mol. The van der Waals surface area contributed by atoms with E-state index in [-0.39, 0.29) is 16.2 Å². The Morgan fingerprint density at radius 3 is 2.11 bits per heavy atom. The normalized spacial score (nSPS) is 14.6.